The molecule has 0 aromatic carbocycles. The van der Waals surface area contributed by atoms with E-state index >= 15 is 0 Å². The Morgan fingerprint density at radius 3 is 2.45 bits per heavy atom. The predicted octanol–water partition coefficient (Wildman–Crippen LogP) is 2.43. The Hall–Kier alpha value is -4.58. The van der Waals surface area contributed by atoms with Crippen LogP contribution in [0.2, 0.25) is 0 Å². The zero-order valence-corrected chi connectivity index (χ0v) is 27.9. The van der Waals surface area contributed by atoms with Gasteiger partial charge in [0.05, 0.1) is 38.2 Å². The Bertz CT molecular complexity index is 1900. The number of fused-ring (bicyclic) bond motifs is 8. The lowest BCUT2D eigenvalue weighted by Gasteiger charge is -2.18. The molecule has 2 unspecified atom stereocenters. The lowest BCUT2D eigenvalue weighted by Crippen LogP contribution is -2.31. The number of hydrogen-bond acceptors (Lipinski definition) is 7. The summed E-state index contributed by atoms with van der Waals surface area (Å²) in [7, 11) is 1.22. The summed E-state index contributed by atoms with van der Waals surface area (Å²) in [6, 6.07) is 0. The largest absolute Gasteiger partial charge is 0.467 e. The number of aliphatic hydroxyl groups excluding tert-OH is 2. The van der Waals surface area contributed by atoms with Crippen molar-refractivity contribution in [1.29, 1.82) is 0 Å². The van der Waals surface area contributed by atoms with Crippen LogP contribution in [0.25, 0.3) is 29.9 Å². The Labute approximate surface area is 274 Å². The van der Waals surface area contributed by atoms with E-state index in [1.54, 1.807) is 0 Å². The van der Waals surface area contributed by atoms with E-state index < -0.39 is 18.0 Å². The molecular weight excluding hydrogens is 598 g/mol. The van der Waals surface area contributed by atoms with Crippen LogP contribution in [-0.4, -0.2) is 76.6 Å². The van der Waals surface area contributed by atoms with Crippen LogP contribution in [-0.2, 0) is 20.7 Å². The lowest BCUT2D eigenvalue weighted by atomic mass is 9.95. The third-order valence-electron chi connectivity index (χ3n) is 9.17. The number of carbonyl (C=O) groups is 2. The van der Waals surface area contributed by atoms with Crippen LogP contribution in [0, 0.1) is 26.7 Å². The summed E-state index contributed by atoms with van der Waals surface area (Å²) in [5, 5.41) is 28.7. The topological polar surface area (TPSA) is 164 Å². The average molecular weight is 644 g/mol. The number of allylic oxidation sites excluding steroid dienone is 2. The van der Waals surface area contributed by atoms with Gasteiger partial charge < -0.3 is 45.3 Å². The molecule has 7 N–H and O–H groups in total. The zero-order valence-electron chi connectivity index (χ0n) is 27.9. The number of ether oxygens (including phenoxy) is 2. The van der Waals surface area contributed by atoms with Crippen LogP contribution in [0.1, 0.15) is 81.2 Å². The molecule has 5 heterocycles. The number of aromatic amines is 3. The van der Waals surface area contributed by atoms with Gasteiger partial charge in [-0.15, -0.1) is 0 Å². The van der Waals surface area contributed by atoms with E-state index in [9.17, 15) is 14.7 Å². The van der Waals surface area contributed by atoms with Gasteiger partial charge in [0.2, 0.25) is 0 Å². The molecule has 11 nitrogen and oxygen atoms in total. The molecular formula is C36H45N5O6. The summed E-state index contributed by atoms with van der Waals surface area (Å²) < 4.78 is 10.3. The van der Waals surface area contributed by atoms with E-state index in [2.05, 4.69) is 72.0 Å². The van der Waals surface area contributed by atoms with Gasteiger partial charge in [-0.3, -0.25) is 4.79 Å². The van der Waals surface area contributed by atoms with Crippen molar-refractivity contribution in [3.63, 3.8) is 0 Å². The van der Waals surface area contributed by atoms with Crippen molar-refractivity contribution in [2.75, 3.05) is 33.5 Å². The number of hydrogen-bond donors (Lipinski definition) is 7. The van der Waals surface area contributed by atoms with Crippen molar-refractivity contribution in [1.82, 2.24) is 25.6 Å². The van der Waals surface area contributed by atoms with Gasteiger partial charge in [0, 0.05) is 62.8 Å². The summed E-state index contributed by atoms with van der Waals surface area (Å²) in [5.41, 5.74) is 9.78. The molecule has 5 rings (SSSR count). The standard InChI is InChI=1S/C36H45N5O6/c1-8-22-19(4)25-15-24-18(3)14-30(38-24)32(34(43)36(45)46-7)33-31(35(44)37-10-12-47-13-11-42)21(6)27(41-33)17-29-23(9-2)20(5)26(40-29)16-28(22)39-25/h8,15-18,34,38-43H,1,9-14H2,2-7H3,(H,37,44). The molecule has 0 aliphatic carbocycles. The first-order valence-corrected chi connectivity index (χ1v) is 16.0. The summed E-state index contributed by atoms with van der Waals surface area (Å²) in [5.74, 6) is -1.23. The van der Waals surface area contributed by atoms with E-state index in [-0.39, 0.29) is 37.9 Å². The molecule has 2 aliphatic heterocycles. The Kier molecular flexibility index (Phi) is 10.1. The van der Waals surface area contributed by atoms with Crippen LogP contribution in [0.4, 0.5) is 0 Å². The molecule has 2 aliphatic rings. The van der Waals surface area contributed by atoms with Gasteiger partial charge in [-0.1, -0.05) is 26.5 Å². The molecule has 1 saturated heterocycles. The molecule has 0 saturated carbocycles. The number of H-pyrrole nitrogens is 3. The fraction of sp³-hybridized carbons (Fsp3) is 0.389. The van der Waals surface area contributed by atoms with Crippen molar-refractivity contribution in [3.8, 4) is 0 Å². The number of esters is 1. The van der Waals surface area contributed by atoms with Gasteiger partial charge in [-0.05, 0) is 74.1 Å². The van der Waals surface area contributed by atoms with Gasteiger partial charge >= 0.3 is 5.97 Å². The van der Waals surface area contributed by atoms with Crippen molar-refractivity contribution in [2.24, 2.45) is 5.92 Å². The monoisotopic (exact) mass is 643 g/mol. The number of methoxy groups -OCH3 is 1. The molecule has 11 heteroatoms. The van der Waals surface area contributed by atoms with Crippen molar-refractivity contribution < 1.29 is 29.3 Å². The van der Waals surface area contributed by atoms with Crippen molar-refractivity contribution in [3.05, 3.63) is 84.8 Å². The Balaban J connectivity index is 1.83. The highest BCUT2D eigenvalue weighted by Gasteiger charge is 2.35. The van der Waals surface area contributed by atoms with Crippen LogP contribution >= 0.6 is 0 Å². The molecule has 0 radical (unpaired) electrons. The molecule has 0 spiro atoms. The number of nitrogens with one attached hydrogen (secondary N) is 5. The molecule has 1 fully saturated rings. The number of aliphatic hydroxyl groups is 2. The third-order valence-corrected chi connectivity index (χ3v) is 9.17. The second kappa shape index (κ2) is 14.0. The maximum absolute atomic E-state index is 13.9. The first-order valence-electron chi connectivity index (χ1n) is 16.0. The summed E-state index contributed by atoms with van der Waals surface area (Å²) in [6.07, 6.45) is 7.56. The van der Waals surface area contributed by atoms with Crippen LogP contribution in [0.5, 0.6) is 0 Å². The first-order chi connectivity index (χ1) is 22.5. The Morgan fingerprint density at radius 1 is 1.04 bits per heavy atom. The highest BCUT2D eigenvalue weighted by molar-refractivity contribution is 6.04. The zero-order chi connectivity index (χ0) is 34.0. The molecule has 8 bridgehead atoms. The van der Waals surface area contributed by atoms with Crippen molar-refractivity contribution in [2.45, 2.75) is 53.6 Å². The minimum atomic E-state index is -1.68. The average Bonchev–Trinajstić information content (AvgIpc) is 3.75. The van der Waals surface area contributed by atoms with E-state index in [0.717, 1.165) is 56.5 Å². The quantitative estimate of drug-likeness (QED) is 0.132. The Morgan fingerprint density at radius 2 is 1.77 bits per heavy atom. The van der Waals surface area contributed by atoms with Gasteiger partial charge in [-0.25, -0.2) is 4.79 Å². The van der Waals surface area contributed by atoms with Crippen molar-refractivity contribution >= 4 is 41.8 Å². The van der Waals surface area contributed by atoms with Gasteiger partial charge in [-0.2, -0.15) is 0 Å². The number of rotatable bonds is 10. The summed E-state index contributed by atoms with van der Waals surface area (Å²) in [4.78, 5) is 37.4. The summed E-state index contributed by atoms with van der Waals surface area (Å²) >= 11 is 0. The normalized spacial score (nSPS) is 16.2. The van der Waals surface area contributed by atoms with Gasteiger partial charge in [0.25, 0.3) is 5.91 Å². The van der Waals surface area contributed by atoms with Crippen LogP contribution < -0.4 is 21.3 Å². The molecule has 3 aromatic rings. The molecule has 250 valence electrons. The molecule has 2 atom stereocenters. The fourth-order valence-electron chi connectivity index (χ4n) is 6.56. The van der Waals surface area contributed by atoms with Crippen LogP contribution in [0.15, 0.2) is 18.0 Å². The van der Waals surface area contributed by atoms with Gasteiger partial charge in [0.15, 0.2) is 6.10 Å². The number of aromatic nitrogens is 3. The first kappa shape index (κ1) is 33.8. The minimum absolute atomic E-state index is 0.00535. The number of carbonyl (C=O) groups excluding carboxylic acids is 2. The van der Waals surface area contributed by atoms with Gasteiger partial charge in [0.1, 0.15) is 0 Å². The SMILES string of the molecule is C=Cc1c2[nH]c(c1C)C=C1NC(=C(C(O)C(=O)OC)c3[nH]c(c(C)c3C(=O)NCCOCCO)C=c3[nH]c(c(C)c3CC)=C2)CC1C. The van der Waals surface area contributed by atoms with E-state index in [1.165, 1.54) is 7.11 Å². The second-order valence-electron chi connectivity index (χ2n) is 12.0. The third kappa shape index (κ3) is 6.38. The minimum Gasteiger partial charge on any atom is -0.467 e. The molecule has 47 heavy (non-hydrogen) atoms. The summed E-state index contributed by atoms with van der Waals surface area (Å²) in [6.45, 7) is 14.7. The molecule has 3 aromatic heterocycles. The maximum atomic E-state index is 13.9. The highest BCUT2D eigenvalue weighted by Crippen LogP contribution is 2.37. The lowest BCUT2D eigenvalue weighted by molar-refractivity contribution is -0.147. The van der Waals surface area contributed by atoms with E-state index in [0.29, 0.717) is 34.6 Å². The number of amides is 1. The fourth-order valence-corrected chi connectivity index (χ4v) is 6.56. The smallest absolute Gasteiger partial charge is 0.339 e. The van der Waals surface area contributed by atoms with E-state index in [1.807, 2.05) is 19.1 Å². The van der Waals surface area contributed by atoms with Crippen LogP contribution in [0.3, 0.4) is 0 Å². The molecule has 1 amide bonds. The highest BCUT2D eigenvalue weighted by atomic mass is 16.5. The predicted molar refractivity (Wildman–Crippen MR) is 183 cm³/mol. The van der Waals surface area contributed by atoms with E-state index in [4.69, 9.17) is 14.6 Å². The maximum Gasteiger partial charge on any atom is 0.339 e. The second-order valence-corrected chi connectivity index (χ2v) is 12.0.